The fourth-order valence-corrected chi connectivity index (χ4v) is 2.76. The van der Waals surface area contributed by atoms with E-state index >= 15 is 0 Å². The highest BCUT2D eigenvalue weighted by Gasteiger charge is 2.07. The molecule has 3 rings (SSSR count). The van der Waals surface area contributed by atoms with E-state index in [1.807, 2.05) is 23.9 Å². The Labute approximate surface area is 127 Å². The van der Waals surface area contributed by atoms with Gasteiger partial charge in [-0.15, -0.1) is 21.5 Å². The van der Waals surface area contributed by atoms with Crippen molar-refractivity contribution in [2.75, 3.05) is 0 Å². The number of nitrogens with zero attached hydrogens (tertiary/aromatic N) is 4. The predicted molar refractivity (Wildman–Crippen MR) is 83.5 cm³/mol. The molecule has 5 nitrogen and oxygen atoms in total. The van der Waals surface area contributed by atoms with Crippen LogP contribution in [0.3, 0.4) is 0 Å². The van der Waals surface area contributed by atoms with Gasteiger partial charge in [0.05, 0.1) is 12.2 Å². The molecule has 0 saturated heterocycles. The molecule has 21 heavy (non-hydrogen) atoms. The van der Waals surface area contributed by atoms with Crippen LogP contribution in [0.25, 0.3) is 5.69 Å². The average Bonchev–Trinajstić information content (AvgIpc) is 3.16. The van der Waals surface area contributed by atoms with Gasteiger partial charge in [0.1, 0.15) is 10.0 Å². The van der Waals surface area contributed by atoms with Crippen LogP contribution in [-0.2, 0) is 6.54 Å². The summed E-state index contributed by atoms with van der Waals surface area (Å²) in [5, 5.41) is 17.9. The number of nitrogens with one attached hydrogen (secondary N) is 1. The van der Waals surface area contributed by atoms with Gasteiger partial charge in [0, 0.05) is 18.4 Å². The zero-order chi connectivity index (χ0) is 14.7. The molecule has 2 aromatic heterocycles. The molecule has 2 heterocycles. The monoisotopic (exact) mass is 299 g/mol. The molecule has 0 amide bonds. The van der Waals surface area contributed by atoms with E-state index in [9.17, 15) is 0 Å². The molecule has 1 aromatic carbocycles. The van der Waals surface area contributed by atoms with E-state index in [-0.39, 0.29) is 6.04 Å². The van der Waals surface area contributed by atoms with E-state index in [1.54, 1.807) is 17.5 Å². The molecule has 0 aliphatic rings. The molecule has 0 aliphatic carbocycles. The lowest BCUT2D eigenvalue weighted by Gasteiger charge is -2.13. The van der Waals surface area contributed by atoms with Gasteiger partial charge in [-0.2, -0.15) is 5.10 Å². The van der Waals surface area contributed by atoms with Gasteiger partial charge in [-0.3, -0.25) is 0 Å². The highest BCUT2D eigenvalue weighted by atomic mass is 32.1. The Morgan fingerprint density at radius 2 is 2.05 bits per heavy atom. The number of aryl methyl sites for hydroxylation is 1. The molecule has 0 aliphatic heterocycles. The molecule has 1 N–H and O–H groups in total. The lowest BCUT2D eigenvalue weighted by Crippen LogP contribution is -2.18. The maximum absolute atomic E-state index is 4.23. The first-order valence-corrected chi connectivity index (χ1v) is 7.66. The van der Waals surface area contributed by atoms with Crippen molar-refractivity contribution in [3.05, 3.63) is 58.3 Å². The standard InChI is InChI=1S/C15H17N5S/c1-11(16-10-15-19-18-12(2)21-15)13-4-6-14(7-5-13)20-9-3-8-17-20/h3-9,11,16H,10H2,1-2H3/t11-/m0/s1. The van der Waals surface area contributed by atoms with Gasteiger partial charge in [0.2, 0.25) is 0 Å². The lowest BCUT2D eigenvalue weighted by atomic mass is 10.1. The fraction of sp³-hybridized carbons (Fsp3) is 0.267. The normalized spacial score (nSPS) is 12.5. The zero-order valence-electron chi connectivity index (χ0n) is 12.0. The van der Waals surface area contributed by atoms with Crippen molar-refractivity contribution >= 4 is 11.3 Å². The highest BCUT2D eigenvalue weighted by Crippen LogP contribution is 2.16. The van der Waals surface area contributed by atoms with Crippen molar-refractivity contribution in [1.82, 2.24) is 25.3 Å². The topological polar surface area (TPSA) is 55.6 Å². The van der Waals surface area contributed by atoms with Crippen molar-refractivity contribution in [2.45, 2.75) is 26.4 Å². The minimum Gasteiger partial charge on any atom is -0.304 e. The zero-order valence-corrected chi connectivity index (χ0v) is 12.8. The Morgan fingerprint density at radius 1 is 1.24 bits per heavy atom. The molecule has 6 heteroatoms. The van der Waals surface area contributed by atoms with Gasteiger partial charge < -0.3 is 5.32 Å². The first-order valence-electron chi connectivity index (χ1n) is 6.85. The molecule has 1 atom stereocenters. The Bertz CT molecular complexity index is 687. The SMILES string of the molecule is Cc1nnc(CN[C@@H](C)c2ccc(-n3cccn3)cc2)s1. The highest BCUT2D eigenvalue weighted by molar-refractivity contribution is 7.11. The van der Waals surface area contributed by atoms with Crippen LogP contribution in [0.2, 0.25) is 0 Å². The molecule has 3 aromatic rings. The van der Waals surface area contributed by atoms with E-state index in [2.05, 4.69) is 51.8 Å². The smallest absolute Gasteiger partial charge is 0.131 e. The van der Waals surface area contributed by atoms with Crippen LogP contribution >= 0.6 is 11.3 Å². The third-order valence-electron chi connectivity index (χ3n) is 3.29. The first kappa shape index (κ1) is 13.9. The Balaban J connectivity index is 1.63. The minimum atomic E-state index is 0.265. The van der Waals surface area contributed by atoms with Gasteiger partial charge in [-0.25, -0.2) is 4.68 Å². The molecule has 108 valence electrons. The Kier molecular flexibility index (Phi) is 4.08. The summed E-state index contributed by atoms with van der Waals surface area (Å²) in [5.41, 5.74) is 2.31. The van der Waals surface area contributed by atoms with Crippen LogP contribution in [0.4, 0.5) is 0 Å². The molecule has 0 bridgehead atoms. The average molecular weight is 299 g/mol. The summed E-state index contributed by atoms with van der Waals surface area (Å²) < 4.78 is 1.85. The summed E-state index contributed by atoms with van der Waals surface area (Å²) in [6, 6.07) is 10.6. The van der Waals surface area contributed by atoms with Crippen LogP contribution < -0.4 is 5.32 Å². The van der Waals surface area contributed by atoms with Crippen molar-refractivity contribution in [2.24, 2.45) is 0 Å². The fourth-order valence-electron chi connectivity index (χ4n) is 2.10. The molecular formula is C15H17N5S. The number of benzene rings is 1. The molecule has 0 radical (unpaired) electrons. The summed E-state index contributed by atoms with van der Waals surface area (Å²) in [5.74, 6) is 0. The number of hydrogen-bond donors (Lipinski definition) is 1. The van der Waals surface area contributed by atoms with Crippen molar-refractivity contribution in [3.63, 3.8) is 0 Å². The largest absolute Gasteiger partial charge is 0.304 e. The molecule has 0 spiro atoms. The van der Waals surface area contributed by atoms with Crippen LogP contribution in [-0.4, -0.2) is 20.0 Å². The molecule has 0 saturated carbocycles. The van der Waals surface area contributed by atoms with Crippen molar-refractivity contribution in [1.29, 1.82) is 0 Å². The van der Waals surface area contributed by atoms with Crippen LogP contribution in [0, 0.1) is 6.92 Å². The van der Waals surface area contributed by atoms with Crippen LogP contribution in [0.1, 0.15) is 28.5 Å². The van der Waals surface area contributed by atoms with E-state index < -0.39 is 0 Å². The summed E-state index contributed by atoms with van der Waals surface area (Å²) >= 11 is 1.63. The summed E-state index contributed by atoms with van der Waals surface area (Å²) in [6.07, 6.45) is 3.72. The maximum atomic E-state index is 4.23. The van der Waals surface area contributed by atoms with E-state index in [4.69, 9.17) is 0 Å². The Hall–Kier alpha value is -2.05. The van der Waals surface area contributed by atoms with Gasteiger partial charge in [-0.1, -0.05) is 12.1 Å². The number of rotatable bonds is 5. The summed E-state index contributed by atoms with van der Waals surface area (Å²) in [4.78, 5) is 0. The summed E-state index contributed by atoms with van der Waals surface area (Å²) in [6.45, 7) is 4.86. The van der Waals surface area contributed by atoms with Gasteiger partial charge >= 0.3 is 0 Å². The molecule has 0 unspecified atom stereocenters. The second-order valence-corrected chi connectivity index (χ2v) is 6.13. The second-order valence-electron chi connectivity index (χ2n) is 4.86. The van der Waals surface area contributed by atoms with Crippen LogP contribution in [0.15, 0.2) is 42.7 Å². The second kappa shape index (κ2) is 6.15. The van der Waals surface area contributed by atoms with Gasteiger partial charge in [0.25, 0.3) is 0 Å². The third kappa shape index (κ3) is 3.34. The van der Waals surface area contributed by atoms with Crippen molar-refractivity contribution in [3.8, 4) is 5.69 Å². The lowest BCUT2D eigenvalue weighted by molar-refractivity contribution is 0.570. The first-order chi connectivity index (χ1) is 10.2. The third-order valence-corrected chi connectivity index (χ3v) is 4.13. The molecular weight excluding hydrogens is 282 g/mol. The van der Waals surface area contributed by atoms with Crippen molar-refractivity contribution < 1.29 is 0 Å². The maximum Gasteiger partial charge on any atom is 0.131 e. The van der Waals surface area contributed by atoms with Gasteiger partial charge in [0.15, 0.2) is 0 Å². The number of aromatic nitrogens is 4. The van der Waals surface area contributed by atoms with E-state index in [0.717, 1.165) is 22.2 Å². The van der Waals surface area contributed by atoms with E-state index in [0.29, 0.717) is 0 Å². The quantitative estimate of drug-likeness (QED) is 0.787. The molecule has 0 fully saturated rings. The minimum absolute atomic E-state index is 0.265. The number of hydrogen-bond acceptors (Lipinski definition) is 5. The van der Waals surface area contributed by atoms with Gasteiger partial charge in [-0.05, 0) is 37.6 Å². The Morgan fingerprint density at radius 3 is 2.67 bits per heavy atom. The van der Waals surface area contributed by atoms with E-state index in [1.165, 1.54) is 5.56 Å². The van der Waals surface area contributed by atoms with Crippen LogP contribution in [0.5, 0.6) is 0 Å². The summed E-state index contributed by atoms with van der Waals surface area (Å²) in [7, 11) is 0. The predicted octanol–water partition coefficient (Wildman–Crippen LogP) is 2.88.